The molecule has 0 aromatic heterocycles. The molecule has 1 spiro atoms. The van der Waals surface area contributed by atoms with Crippen molar-refractivity contribution in [3.05, 3.63) is 35.1 Å². The number of carbonyl (C=O) groups excluding carboxylic acids is 4. The van der Waals surface area contributed by atoms with Gasteiger partial charge in [-0.05, 0) is 103 Å². The van der Waals surface area contributed by atoms with Crippen LogP contribution in [-0.4, -0.2) is 68.4 Å². The van der Waals surface area contributed by atoms with E-state index in [4.69, 9.17) is 28.1 Å². The number of alkyl carbamates (subject to hydrolysis) is 2. The molecule has 1 saturated carbocycles. The first-order valence-electron chi connectivity index (χ1n) is 19.0. The molecule has 13 heteroatoms. The van der Waals surface area contributed by atoms with E-state index in [-0.39, 0.29) is 42.8 Å². The summed E-state index contributed by atoms with van der Waals surface area (Å²) >= 11 is 0. The molecule has 294 valence electrons. The van der Waals surface area contributed by atoms with Crippen molar-refractivity contribution in [3.8, 4) is 11.5 Å². The number of esters is 2. The standard InChI is InChI=1S/C40H60N2O10Si/c1-24-15-19-39-31-25-13-14-27(52-53(11,12)38(8,9)10)32(31)48-33(39)28(47-29(43)17-21-41-34(45)50-36(2,3)4)16-20-40(39,26(24)23-25)49-30(44)18-22-42-35(46)51-37(5,6)7/h13-14,16,24,26,33H,15,17-23H2,1-12H3,(H,41,45)(H,42,46)/t24?,26-,33-,39?,40+/m0/s1. The smallest absolute Gasteiger partial charge is 0.407 e. The van der Waals surface area contributed by atoms with Crippen LogP contribution in [0.5, 0.6) is 11.5 Å². The van der Waals surface area contributed by atoms with Gasteiger partial charge in [0.05, 0.1) is 18.3 Å². The molecule has 2 bridgehead atoms. The van der Waals surface area contributed by atoms with Gasteiger partial charge in [0.25, 0.3) is 8.32 Å². The summed E-state index contributed by atoms with van der Waals surface area (Å²) in [6, 6.07) is 4.13. The van der Waals surface area contributed by atoms with E-state index in [2.05, 4.69) is 57.5 Å². The van der Waals surface area contributed by atoms with Crippen LogP contribution < -0.4 is 19.8 Å². The van der Waals surface area contributed by atoms with Gasteiger partial charge in [0.15, 0.2) is 11.9 Å². The lowest BCUT2D eigenvalue weighted by Gasteiger charge is -2.62. The van der Waals surface area contributed by atoms with Crippen molar-refractivity contribution in [2.45, 2.75) is 154 Å². The molecule has 5 atom stereocenters. The Morgan fingerprint density at radius 2 is 1.47 bits per heavy atom. The summed E-state index contributed by atoms with van der Waals surface area (Å²) in [6.45, 7) is 23.9. The van der Waals surface area contributed by atoms with Crippen molar-refractivity contribution >= 4 is 32.4 Å². The lowest BCUT2D eigenvalue weighted by atomic mass is 9.44. The second-order valence-electron chi connectivity index (χ2n) is 18.6. The fourth-order valence-electron chi connectivity index (χ4n) is 8.09. The maximum Gasteiger partial charge on any atom is 0.407 e. The first kappa shape index (κ1) is 40.4. The normalized spacial score (nSPS) is 25.9. The minimum atomic E-state index is -2.32. The van der Waals surface area contributed by atoms with E-state index in [1.165, 1.54) is 0 Å². The molecule has 0 saturated heterocycles. The molecular weight excluding hydrogens is 697 g/mol. The molecule has 1 aromatic carbocycles. The number of amides is 2. The van der Waals surface area contributed by atoms with E-state index in [0.717, 1.165) is 17.5 Å². The van der Waals surface area contributed by atoms with E-state index in [9.17, 15) is 19.2 Å². The van der Waals surface area contributed by atoms with Gasteiger partial charge < -0.3 is 38.7 Å². The number of hydrogen-bond acceptors (Lipinski definition) is 10. The van der Waals surface area contributed by atoms with E-state index in [1.807, 2.05) is 12.1 Å². The van der Waals surface area contributed by atoms with Gasteiger partial charge in [0.2, 0.25) is 0 Å². The summed E-state index contributed by atoms with van der Waals surface area (Å²) in [5, 5.41) is 5.21. The average molecular weight is 757 g/mol. The molecule has 4 aliphatic rings. The first-order valence-corrected chi connectivity index (χ1v) is 21.9. The predicted molar refractivity (Wildman–Crippen MR) is 201 cm³/mol. The molecule has 1 fully saturated rings. The van der Waals surface area contributed by atoms with Crippen LogP contribution in [0.1, 0.15) is 112 Å². The van der Waals surface area contributed by atoms with E-state index >= 15 is 0 Å². The highest BCUT2D eigenvalue weighted by molar-refractivity contribution is 6.74. The lowest BCUT2D eigenvalue weighted by molar-refractivity contribution is -0.208. The molecule has 2 N–H and O–H groups in total. The van der Waals surface area contributed by atoms with Gasteiger partial charge in [-0.15, -0.1) is 0 Å². The van der Waals surface area contributed by atoms with Gasteiger partial charge in [0.1, 0.15) is 28.3 Å². The van der Waals surface area contributed by atoms with E-state index in [1.54, 1.807) is 41.5 Å². The third-order valence-corrected chi connectivity index (χ3v) is 15.7. The lowest BCUT2D eigenvalue weighted by Crippen LogP contribution is -2.70. The van der Waals surface area contributed by atoms with E-state index in [0.29, 0.717) is 36.5 Å². The SMILES string of the molecule is CC1CCC23c4c5ccc(O[Si](C)(C)C(C)(C)C)c4O[C@H]2C(OC(=O)CCNC(=O)OC(C)(C)C)=CC[C@@]3(OC(=O)CCNC(=O)OC(C)(C)C)[C@H]1C5. The van der Waals surface area contributed by atoms with Crippen molar-refractivity contribution in [2.75, 3.05) is 13.1 Å². The fourth-order valence-corrected chi connectivity index (χ4v) is 9.10. The fraction of sp³-hybridized carbons (Fsp3) is 0.700. The second-order valence-corrected chi connectivity index (χ2v) is 23.3. The van der Waals surface area contributed by atoms with Crippen LogP contribution in [0.25, 0.3) is 0 Å². The Balaban J connectivity index is 1.49. The maximum absolute atomic E-state index is 13.9. The molecule has 2 unspecified atom stereocenters. The molecule has 2 amide bonds. The van der Waals surface area contributed by atoms with Crippen LogP contribution in [0.3, 0.4) is 0 Å². The molecule has 1 aliphatic heterocycles. The van der Waals surface area contributed by atoms with Crippen molar-refractivity contribution in [1.29, 1.82) is 0 Å². The third kappa shape index (κ3) is 8.05. The number of rotatable bonds is 10. The number of benzene rings is 1. The predicted octanol–water partition coefficient (Wildman–Crippen LogP) is 7.61. The highest BCUT2D eigenvalue weighted by atomic mass is 28.4. The molecule has 53 heavy (non-hydrogen) atoms. The van der Waals surface area contributed by atoms with Gasteiger partial charge >= 0.3 is 24.1 Å². The van der Waals surface area contributed by atoms with Crippen LogP contribution in [0, 0.1) is 11.8 Å². The largest absolute Gasteiger partial charge is 0.541 e. The average Bonchev–Trinajstić information content (AvgIpc) is 3.35. The molecule has 1 aromatic rings. The monoisotopic (exact) mass is 756 g/mol. The summed E-state index contributed by atoms with van der Waals surface area (Å²) in [4.78, 5) is 51.7. The zero-order chi connectivity index (χ0) is 39.4. The molecular formula is C40H60N2O10Si. The quantitative estimate of drug-likeness (QED) is 0.139. The Morgan fingerprint density at radius 1 is 0.887 bits per heavy atom. The molecule has 12 nitrogen and oxygen atoms in total. The zero-order valence-electron chi connectivity index (χ0n) is 33.7. The van der Waals surface area contributed by atoms with Crippen molar-refractivity contribution in [1.82, 2.24) is 10.6 Å². The summed E-state index contributed by atoms with van der Waals surface area (Å²) < 4.78 is 37.4. The number of hydrogen-bond donors (Lipinski definition) is 2. The summed E-state index contributed by atoms with van der Waals surface area (Å²) in [7, 11) is -2.32. The molecule has 3 aliphatic carbocycles. The van der Waals surface area contributed by atoms with Crippen molar-refractivity contribution in [3.63, 3.8) is 0 Å². The summed E-state index contributed by atoms with van der Waals surface area (Å²) in [5.74, 6) is 0.841. The highest BCUT2D eigenvalue weighted by Crippen LogP contribution is 2.70. The Kier molecular flexibility index (Phi) is 10.8. The maximum atomic E-state index is 13.9. The van der Waals surface area contributed by atoms with Crippen LogP contribution >= 0.6 is 0 Å². The number of ether oxygens (including phenoxy) is 5. The summed E-state index contributed by atoms with van der Waals surface area (Å²) in [6.07, 6.45) is 2.22. The number of nitrogens with one attached hydrogen (secondary N) is 2. The third-order valence-electron chi connectivity index (χ3n) is 11.4. The van der Waals surface area contributed by atoms with Gasteiger partial charge in [-0.1, -0.05) is 33.8 Å². The Hall–Kier alpha value is -3.74. The topological polar surface area (TPSA) is 148 Å². The molecule has 0 radical (unpaired) electrons. The van der Waals surface area contributed by atoms with Crippen molar-refractivity contribution < 1.29 is 47.3 Å². The second kappa shape index (κ2) is 14.2. The van der Waals surface area contributed by atoms with E-state index < -0.39 is 60.8 Å². The van der Waals surface area contributed by atoms with Crippen LogP contribution in [0.15, 0.2) is 24.0 Å². The van der Waals surface area contributed by atoms with Crippen molar-refractivity contribution in [2.24, 2.45) is 11.8 Å². The minimum Gasteiger partial charge on any atom is -0.541 e. The van der Waals surface area contributed by atoms with Crippen LogP contribution in [0.2, 0.25) is 18.1 Å². The molecule has 1 heterocycles. The zero-order valence-corrected chi connectivity index (χ0v) is 34.7. The van der Waals surface area contributed by atoms with Gasteiger partial charge in [-0.3, -0.25) is 9.59 Å². The Morgan fingerprint density at radius 3 is 2.04 bits per heavy atom. The van der Waals surface area contributed by atoms with Crippen LogP contribution in [-0.2, 0) is 40.4 Å². The van der Waals surface area contributed by atoms with Gasteiger partial charge in [-0.2, -0.15) is 0 Å². The Labute approximate surface area is 315 Å². The van der Waals surface area contributed by atoms with Gasteiger partial charge in [0, 0.05) is 31.0 Å². The first-order chi connectivity index (χ1) is 24.4. The van der Waals surface area contributed by atoms with Gasteiger partial charge in [-0.25, -0.2) is 9.59 Å². The van der Waals surface area contributed by atoms with Crippen LogP contribution in [0.4, 0.5) is 9.59 Å². The Bertz CT molecular complexity index is 1650. The minimum absolute atomic E-state index is 0.0328. The highest BCUT2D eigenvalue weighted by Gasteiger charge is 2.74. The number of carbonyl (C=O) groups is 4. The summed E-state index contributed by atoms with van der Waals surface area (Å²) in [5.41, 5.74) is -1.10. The molecule has 5 rings (SSSR count).